The van der Waals surface area contributed by atoms with Crippen molar-refractivity contribution >= 4 is 40.2 Å². The van der Waals surface area contributed by atoms with Crippen molar-refractivity contribution in [1.29, 1.82) is 0 Å². The highest BCUT2D eigenvalue weighted by atomic mass is 127. The molecule has 0 radical (unpaired) electrons. The van der Waals surface area contributed by atoms with Crippen LogP contribution in [-0.2, 0) is 11.2 Å². The van der Waals surface area contributed by atoms with Crippen LogP contribution in [0.25, 0.3) is 0 Å². The van der Waals surface area contributed by atoms with Gasteiger partial charge in [-0.25, -0.2) is 9.97 Å². The van der Waals surface area contributed by atoms with Crippen molar-refractivity contribution in [2.75, 3.05) is 12.0 Å². The minimum atomic E-state index is 0.0146. The number of halogens is 1. The molecule has 1 aromatic rings. The third kappa shape index (κ3) is 3.21. The summed E-state index contributed by atoms with van der Waals surface area (Å²) >= 11 is 3.92. The molecule has 0 fully saturated rings. The molecule has 0 unspecified atom stereocenters. The van der Waals surface area contributed by atoms with Gasteiger partial charge in [-0.15, -0.1) is 0 Å². The molecule has 15 heavy (non-hydrogen) atoms. The van der Waals surface area contributed by atoms with Crippen molar-refractivity contribution in [3.8, 4) is 0 Å². The van der Waals surface area contributed by atoms with Crippen molar-refractivity contribution in [2.24, 2.45) is 0 Å². The van der Waals surface area contributed by atoms with Crippen molar-refractivity contribution in [3.05, 3.63) is 15.1 Å². The Morgan fingerprint density at radius 1 is 1.33 bits per heavy atom. The van der Waals surface area contributed by atoms with E-state index >= 15 is 0 Å². The van der Waals surface area contributed by atoms with Gasteiger partial charge in [0.25, 0.3) is 0 Å². The number of nitrogen functional groups attached to an aromatic ring is 1. The fraction of sp³-hybridized carbons (Fsp3) is 0.600. The number of hydrogen-bond donors (Lipinski definition) is 1. The fourth-order valence-corrected chi connectivity index (χ4v) is 2.64. The predicted molar refractivity (Wildman–Crippen MR) is 75.1 cm³/mol. The lowest BCUT2D eigenvalue weighted by molar-refractivity contribution is 0.560. The zero-order valence-electron chi connectivity index (χ0n) is 9.47. The van der Waals surface area contributed by atoms with Gasteiger partial charge < -0.3 is 5.73 Å². The van der Waals surface area contributed by atoms with Gasteiger partial charge in [-0.2, -0.15) is 11.8 Å². The molecular weight excluding hydrogens is 321 g/mol. The van der Waals surface area contributed by atoms with Crippen LogP contribution in [0, 0.1) is 3.57 Å². The standard InChI is InChI=1S/C10H16IN3S/c1-10(2,3)8-7(11)9(12)14-6(13-8)5-15-4/h5H2,1-4H3,(H2,12,13,14). The van der Waals surface area contributed by atoms with Gasteiger partial charge in [-0.05, 0) is 28.8 Å². The molecule has 0 saturated carbocycles. The van der Waals surface area contributed by atoms with Gasteiger partial charge >= 0.3 is 0 Å². The van der Waals surface area contributed by atoms with Crippen LogP contribution in [0.5, 0.6) is 0 Å². The molecule has 5 heteroatoms. The quantitative estimate of drug-likeness (QED) is 0.843. The van der Waals surface area contributed by atoms with E-state index in [9.17, 15) is 0 Å². The summed E-state index contributed by atoms with van der Waals surface area (Å²) in [5.74, 6) is 2.23. The molecule has 0 aliphatic heterocycles. The van der Waals surface area contributed by atoms with Crippen LogP contribution < -0.4 is 5.73 Å². The molecule has 0 bridgehead atoms. The van der Waals surface area contributed by atoms with Gasteiger partial charge in [0.2, 0.25) is 0 Å². The Hall–Kier alpha value is -0.0400. The van der Waals surface area contributed by atoms with Gasteiger partial charge in [0.15, 0.2) is 0 Å². The van der Waals surface area contributed by atoms with E-state index in [-0.39, 0.29) is 5.41 Å². The van der Waals surface area contributed by atoms with Crippen molar-refractivity contribution in [2.45, 2.75) is 31.9 Å². The van der Waals surface area contributed by atoms with E-state index in [4.69, 9.17) is 5.73 Å². The summed E-state index contributed by atoms with van der Waals surface area (Å²) in [6.07, 6.45) is 2.04. The summed E-state index contributed by atoms with van der Waals surface area (Å²) in [6, 6.07) is 0. The number of hydrogen-bond acceptors (Lipinski definition) is 4. The number of nitrogens with two attached hydrogens (primary N) is 1. The third-order valence-electron chi connectivity index (χ3n) is 1.91. The van der Waals surface area contributed by atoms with Gasteiger partial charge in [-0.1, -0.05) is 20.8 Å². The number of rotatable bonds is 2. The van der Waals surface area contributed by atoms with E-state index in [0.29, 0.717) is 5.82 Å². The van der Waals surface area contributed by atoms with Gasteiger partial charge in [0.05, 0.1) is 15.0 Å². The molecule has 1 rings (SSSR count). The van der Waals surface area contributed by atoms with E-state index in [1.54, 1.807) is 11.8 Å². The fourth-order valence-electron chi connectivity index (χ4n) is 1.20. The first-order valence-electron chi connectivity index (χ1n) is 4.67. The predicted octanol–water partition coefficient (Wildman–Crippen LogP) is 2.82. The summed E-state index contributed by atoms with van der Waals surface area (Å²) in [7, 11) is 0. The summed E-state index contributed by atoms with van der Waals surface area (Å²) in [6.45, 7) is 6.42. The van der Waals surface area contributed by atoms with E-state index < -0.39 is 0 Å². The van der Waals surface area contributed by atoms with E-state index in [2.05, 4.69) is 53.3 Å². The Morgan fingerprint density at radius 3 is 2.40 bits per heavy atom. The van der Waals surface area contributed by atoms with Crippen molar-refractivity contribution in [3.63, 3.8) is 0 Å². The summed E-state index contributed by atoms with van der Waals surface area (Å²) in [5.41, 5.74) is 6.94. The van der Waals surface area contributed by atoms with Crippen LogP contribution in [0.1, 0.15) is 32.3 Å². The average Bonchev–Trinajstić information content (AvgIpc) is 2.09. The highest BCUT2D eigenvalue weighted by Gasteiger charge is 2.21. The molecule has 0 amide bonds. The van der Waals surface area contributed by atoms with Crippen molar-refractivity contribution < 1.29 is 0 Å². The minimum Gasteiger partial charge on any atom is -0.383 e. The molecule has 2 N–H and O–H groups in total. The molecule has 0 atom stereocenters. The first kappa shape index (κ1) is 13.0. The van der Waals surface area contributed by atoms with Crippen LogP contribution in [-0.4, -0.2) is 16.2 Å². The molecule has 84 valence electrons. The Morgan fingerprint density at radius 2 is 1.93 bits per heavy atom. The summed E-state index contributed by atoms with van der Waals surface area (Å²) in [4.78, 5) is 8.85. The minimum absolute atomic E-state index is 0.0146. The monoisotopic (exact) mass is 337 g/mol. The first-order valence-corrected chi connectivity index (χ1v) is 7.15. The highest BCUT2D eigenvalue weighted by Crippen LogP contribution is 2.28. The number of aromatic nitrogens is 2. The van der Waals surface area contributed by atoms with E-state index in [0.717, 1.165) is 20.8 Å². The van der Waals surface area contributed by atoms with Crippen LogP contribution in [0.15, 0.2) is 0 Å². The Balaban J connectivity index is 3.25. The lowest BCUT2D eigenvalue weighted by Crippen LogP contribution is -2.19. The number of thioether (sulfide) groups is 1. The van der Waals surface area contributed by atoms with Gasteiger partial charge in [-0.3, -0.25) is 0 Å². The van der Waals surface area contributed by atoms with Crippen LogP contribution in [0.3, 0.4) is 0 Å². The maximum atomic E-state index is 5.88. The molecule has 0 aliphatic rings. The summed E-state index contributed by atoms with van der Waals surface area (Å²) < 4.78 is 0.977. The second-order valence-corrected chi connectivity index (χ2v) is 6.32. The van der Waals surface area contributed by atoms with Crippen molar-refractivity contribution in [1.82, 2.24) is 9.97 Å². The molecule has 0 saturated heterocycles. The lowest BCUT2D eigenvalue weighted by Gasteiger charge is -2.20. The SMILES string of the molecule is CSCc1nc(N)c(I)c(C(C)(C)C)n1. The number of nitrogens with zero attached hydrogens (tertiary/aromatic N) is 2. The molecule has 1 aromatic heterocycles. The zero-order valence-corrected chi connectivity index (χ0v) is 12.4. The zero-order chi connectivity index (χ0) is 11.6. The summed E-state index contributed by atoms with van der Waals surface area (Å²) in [5, 5.41) is 0. The third-order valence-corrected chi connectivity index (χ3v) is 3.52. The topological polar surface area (TPSA) is 51.8 Å². The highest BCUT2D eigenvalue weighted by molar-refractivity contribution is 14.1. The van der Waals surface area contributed by atoms with Crippen LogP contribution in [0.2, 0.25) is 0 Å². The van der Waals surface area contributed by atoms with E-state index in [1.807, 2.05) is 6.26 Å². The molecular formula is C10H16IN3S. The molecule has 0 aromatic carbocycles. The Bertz CT molecular complexity index is 360. The van der Waals surface area contributed by atoms with E-state index in [1.165, 1.54) is 0 Å². The maximum Gasteiger partial charge on any atom is 0.140 e. The Kier molecular flexibility index (Phi) is 4.22. The molecule has 0 aliphatic carbocycles. The maximum absolute atomic E-state index is 5.88. The van der Waals surface area contributed by atoms with Gasteiger partial charge in [0.1, 0.15) is 11.6 Å². The smallest absolute Gasteiger partial charge is 0.140 e. The van der Waals surface area contributed by atoms with Crippen LogP contribution in [0.4, 0.5) is 5.82 Å². The average molecular weight is 337 g/mol. The largest absolute Gasteiger partial charge is 0.383 e. The number of anilines is 1. The second-order valence-electron chi connectivity index (χ2n) is 4.37. The molecule has 0 spiro atoms. The molecule has 3 nitrogen and oxygen atoms in total. The Labute approximate surface area is 109 Å². The first-order chi connectivity index (χ1) is 6.86. The van der Waals surface area contributed by atoms with Gasteiger partial charge in [0, 0.05) is 5.41 Å². The molecule has 1 heterocycles. The van der Waals surface area contributed by atoms with Crippen LogP contribution >= 0.6 is 34.4 Å². The lowest BCUT2D eigenvalue weighted by atomic mass is 9.92. The normalized spacial score (nSPS) is 11.8. The second kappa shape index (κ2) is 4.86.